The number of hydrogen-bond donors (Lipinski definition) is 1. The Morgan fingerprint density at radius 2 is 2.27 bits per heavy atom. The van der Waals surface area contributed by atoms with Crippen molar-refractivity contribution in [3.8, 4) is 5.88 Å². The summed E-state index contributed by atoms with van der Waals surface area (Å²) in [5.41, 5.74) is 0.427. The first-order chi connectivity index (χ1) is 10.6. The van der Waals surface area contributed by atoms with Gasteiger partial charge in [-0.2, -0.15) is 0 Å². The molecule has 2 aliphatic rings. The predicted molar refractivity (Wildman–Crippen MR) is 78.7 cm³/mol. The van der Waals surface area contributed by atoms with Gasteiger partial charge in [-0.15, -0.1) is 5.10 Å². The second-order valence-electron chi connectivity index (χ2n) is 5.96. The quantitative estimate of drug-likeness (QED) is 0.905. The number of methoxy groups -OCH3 is 1. The van der Waals surface area contributed by atoms with Crippen molar-refractivity contribution in [3.63, 3.8) is 0 Å². The van der Waals surface area contributed by atoms with E-state index in [2.05, 4.69) is 10.4 Å². The van der Waals surface area contributed by atoms with Crippen LogP contribution in [0, 0.1) is 0 Å². The summed E-state index contributed by atoms with van der Waals surface area (Å²) in [5, 5.41) is 6.95. The van der Waals surface area contributed by atoms with Crippen molar-refractivity contribution in [1.29, 1.82) is 0 Å². The fraction of sp³-hybridized carbons (Fsp3) is 0.733. The SMILES string of the molecule is COc1nn(C)cc1C(=O)NC[C@@H]1COC2(CCCCC2)O1. The first kappa shape index (κ1) is 15.3. The molecule has 7 heteroatoms. The van der Waals surface area contributed by atoms with Crippen LogP contribution in [0.4, 0.5) is 0 Å². The lowest BCUT2D eigenvalue weighted by Gasteiger charge is -2.31. The topological polar surface area (TPSA) is 74.6 Å². The summed E-state index contributed by atoms with van der Waals surface area (Å²) in [7, 11) is 3.25. The molecule has 0 aromatic carbocycles. The van der Waals surface area contributed by atoms with E-state index in [9.17, 15) is 4.79 Å². The highest BCUT2D eigenvalue weighted by molar-refractivity contribution is 5.96. The van der Waals surface area contributed by atoms with E-state index in [-0.39, 0.29) is 12.0 Å². The summed E-state index contributed by atoms with van der Waals surface area (Å²) in [6.07, 6.45) is 6.99. The standard InChI is InChI=1S/C15H23N3O4/c1-18-9-12(14(17-18)20-2)13(19)16-8-11-10-21-15(22-11)6-4-3-5-7-15/h9,11H,3-8,10H2,1-2H3,(H,16,19)/t11-/m1/s1. The number of aryl methyl sites for hydroxylation is 1. The molecule has 7 nitrogen and oxygen atoms in total. The van der Waals surface area contributed by atoms with Gasteiger partial charge in [0, 0.05) is 32.6 Å². The van der Waals surface area contributed by atoms with Gasteiger partial charge in [0.05, 0.1) is 13.7 Å². The molecule has 2 heterocycles. The van der Waals surface area contributed by atoms with Crippen LogP contribution in [0.2, 0.25) is 0 Å². The van der Waals surface area contributed by atoms with Crippen LogP contribution in [0.15, 0.2) is 6.20 Å². The molecule has 1 saturated heterocycles. The molecule has 0 bridgehead atoms. The Morgan fingerprint density at radius 1 is 1.50 bits per heavy atom. The van der Waals surface area contributed by atoms with Gasteiger partial charge >= 0.3 is 0 Å². The third-order valence-electron chi connectivity index (χ3n) is 4.25. The van der Waals surface area contributed by atoms with Gasteiger partial charge in [-0.3, -0.25) is 9.48 Å². The molecule has 1 spiro atoms. The van der Waals surface area contributed by atoms with Crippen LogP contribution in [-0.2, 0) is 16.5 Å². The minimum Gasteiger partial charge on any atom is -0.479 e. The molecule has 1 aliphatic carbocycles. The van der Waals surface area contributed by atoms with Gasteiger partial charge in [0.1, 0.15) is 11.7 Å². The number of nitrogens with one attached hydrogen (secondary N) is 1. The smallest absolute Gasteiger partial charge is 0.258 e. The zero-order chi connectivity index (χ0) is 15.6. The van der Waals surface area contributed by atoms with E-state index in [0.29, 0.717) is 24.6 Å². The maximum Gasteiger partial charge on any atom is 0.258 e. The van der Waals surface area contributed by atoms with Gasteiger partial charge in [0.25, 0.3) is 5.91 Å². The molecule has 1 atom stereocenters. The first-order valence-corrected chi connectivity index (χ1v) is 7.79. The number of carbonyl (C=O) groups excluding carboxylic acids is 1. The minimum atomic E-state index is -0.403. The average Bonchev–Trinajstić information content (AvgIpc) is 3.09. The van der Waals surface area contributed by atoms with Gasteiger partial charge in [0.15, 0.2) is 5.79 Å². The molecule has 1 aliphatic heterocycles. The number of hydrogen-bond acceptors (Lipinski definition) is 5. The molecule has 1 amide bonds. The number of carbonyl (C=O) groups is 1. The molecule has 0 unspecified atom stereocenters. The van der Waals surface area contributed by atoms with E-state index in [1.165, 1.54) is 13.5 Å². The summed E-state index contributed by atoms with van der Waals surface area (Å²) in [6.45, 7) is 0.961. The Labute approximate surface area is 129 Å². The number of amides is 1. The third kappa shape index (κ3) is 3.10. The Morgan fingerprint density at radius 3 is 3.00 bits per heavy atom. The summed E-state index contributed by atoms with van der Waals surface area (Å²) >= 11 is 0. The lowest BCUT2D eigenvalue weighted by atomic mass is 9.94. The van der Waals surface area contributed by atoms with Crippen LogP contribution in [0.25, 0.3) is 0 Å². The maximum absolute atomic E-state index is 12.2. The zero-order valence-corrected chi connectivity index (χ0v) is 13.1. The lowest BCUT2D eigenvalue weighted by molar-refractivity contribution is -0.186. The molecule has 22 heavy (non-hydrogen) atoms. The minimum absolute atomic E-state index is 0.0929. The number of nitrogens with zero attached hydrogens (tertiary/aromatic N) is 2. The van der Waals surface area contributed by atoms with E-state index in [4.69, 9.17) is 14.2 Å². The second kappa shape index (κ2) is 6.26. The Bertz CT molecular complexity index is 537. The highest BCUT2D eigenvalue weighted by Crippen LogP contribution is 2.37. The summed E-state index contributed by atoms with van der Waals surface area (Å²) in [5.74, 6) is -0.287. The lowest BCUT2D eigenvalue weighted by Crippen LogP contribution is -2.37. The summed E-state index contributed by atoms with van der Waals surface area (Å²) in [6, 6.07) is 0. The first-order valence-electron chi connectivity index (χ1n) is 7.79. The van der Waals surface area contributed by atoms with Crippen molar-refractivity contribution in [2.45, 2.75) is 44.0 Å². The number of rotatable bonds is 4. The van der Waals surface area contributed by atoms with Crippen LogP contribution in [0.1, 0.15) is 42.5 Å². The highest BCUT2D eigenvalue weighted by Gasteiger charge is 2.42. The molecular weight excluding hydrogens is 286 g/mol. The number of ether oxygens (including phenoxy) is 3. The van der Waals surface area contributed by atoms with E-state index >= 15 is 0 Å². The molecule has 1 saturated carbocycles. The molecule has 3 rings (SSSR count). The molecule has 0 radical (unpaired) electrons. The maximum atomic E-state index is 12.2. The average molecular weight is 309 g/mol. The van der Waals surface area contributed by atoms with E-state index < -0.39 is 5.79 Å². The van der Waals surface area contributed by atoms with E-state index in [1.54, 1.807) is 17.9 Å². The zero-order valence-electron chi connectivity index (χ0n) is 13.1. The van der Waals surface area contributed by atoms with Gasteiger partial charge in [-0.25, -0.2) is 0 Å². The fourth-order valence-corrected chi connectivity index (χ4v) is 3.15. The monoisotopic (exact) mass is 309 g/mol. The third-order valence-corrected chi connectivity index (χ3v) is 4.25. The molecule has 122 valence electrons. The Kier molecular flexibility index (Phi) is 4.35. The Hall–Kier alpha value is -1.60. The van der Waals surface area contributed by atoms with Crippen molar-refractivity contribution in [2.24, 2.45) is 7.05 Å². The second-order valence-corrected chi connectivity index (χ2v) is 5.96. The van der Waals surface area contributed by atoms with Crippen LogP contribution in [0.3, 0.4) is 0 Å². The summed E-state index contributed by atoms with van der Waals surface area (Å²) in [4.78, 5) is 12.2. The van der Waals surface area contributed by atoms with Gasteiger partial charge < -0.3 is 19.5 Å². The Balaban J connectivity index is 1.53. The van der Waals surface area contributed by atoms with Crippen molar-refractivity contribution < 1.29 is 19.0 Å². The molecule has 1 aromatic heterocycles. The molecule has 2 fully saturated rings. The van der Waals surface area contributed by atoms with Gasteiger partial charge in [-0.1, -0.05) is 6.42 Å². The highest BCUT2D eigenvalue weighted by atomic mass is 16.7. The molecular formula is C15H23N3O4. The van der Waals surface area contributed by atoms with Crippen LogP contribution >= 0.6 is 0 Å². The molecule has 1 aromatic rings. The van der Waals surface area contributed by atoms with Crippen molar-refractivity contribution in [3.05, 3.63) is 11.8 Å². The fourth-order valence-electron chi connectivity index (χ4n) is 3.15. The van der Waals surface area contributed by atoms with Crippen molar-refractivity contribution in [1.82, 2.24) is 15.1 Å². The largest absolute Gasteiger partial charge is 0.479 e. The van der Waals surface area contributed by atoms with Crippen molar-refractivity contribution >= 4 is 5.91 Å². The van der Waals surface area contributed by atoms with E-state index in [0.717, 1.165) is 25.7 Å². The number of aromatic nitrogens is 2. The van der Waals surface area contributed by atoms with Gasteiger partial charge in [0.2, 0.25) is 5.88 Å². The van der Waals surface area contributed by atoms with E-state index in [1.807, 2.05) is 0 Å². The van der Waals surface area contributed by atoms with Crippen molar-refractivity contribution in [2.75, 3.05) is 20.3 Å². The van der Waals surface area contributed by atoms with Crippen LogP contribution < -0.4 is 10.1 Å². The normalized spacial score (nSPS) is 23.6. The molecule has 1 N–H and O–H groups in total. The van der Waals surface area contributed by atoms with Crippen LogP contribution in [0.5, 0.6) is 5.88 Å². The summed E-state index contributed by atoms with van der Waals surface area (Å²) < 4.78 is 18.6. The van der Waals surface area contributed by atoms with Gasteiger partial charge in [-0.05, 0) is 12.8 Å². The van der Waals surface area contributed by atoms with Crippen LogP contribution in [-0.4, -0.2) is 47.8 Å². The predicted octanol–water partition coefficient (Wildman–Crippen LogP) is 1.23.